The molecule has 0 heterocycles. The maximum Gasteiger partial charge on any atom is 0.0494 e. The molecule has 1 rings (SSSR count). The lowest BCUT2D eigenvalue weighted by atomic mass is 10.1. The van der Waals surface area contributed by atoms with Gasteiger partial charge in [-0.1, -0.05) is 13.8 Å². The van der Waals surface area contributed by atoms with Crippen LogP contribution < -0.4 is 5.32 Å². The molecule has 1 aliphatic rings. The molecule has 0 saturated heterocycles. The van der Waals surface area contributed by atoms with Crippen molar-refractivity contribution in [3.05, 3.63) is 0 Å². The molecule has 1 saturated carbocycles. The van der Waals surface area contributed by atoms with E-state index in [9.17, 15) is 0 Å². The molecule has 84 valence electrons. The standard InChI is InChI=1S/C12H25NO/c1-3-12(13-4-2)6-5-9-14-10-11-7-8-11/h11-13H,3-10H2,1-2H3. The van der Waals surface area contributed by atoms with Gasteiger partial charge in [-0.2, -0.15) is 0 Å². The fraction of sp³-hybridized carbons (Fsp3) is 1.00. The van der Waals surface area contributed by atoms with Crippen LogP contribution in [0.15, 0.2) is 0 Å². The Balaban J connectivity index is 1.84. The molecule has 1 aliphatic carbocycles. The Labute approximate surface area is 88.4 Å². The summed E-state index contributed by atoms with van der Waals surface area (Å²) < 4.78 is 5.60. The predicted molar refractivity (Wildman–Crippen MR) is 60.5 cm³/mol. The third-order valence-corrected chi connectivity index (χ3v) is 2.88. The number of hydrogen-bond acceptors (Lipinski definition) is 2. The van der Waals surface area contributed by atoms with Gasteiger partial charge in [-0.25, -0.2) is 0 Å². The third kappa shape index (κ3) is 5.61. The van der Waals surface area contributed by atoms with Gasteiger partial charge in [0.25, 0.3) is 0 Å². The van der Waals surface area contributed by atoms with Gasteiger partial charge in [0.1, 0.15) is 0 Å². The number of rotatable bonds is 9. The summed E-state index contributed by atoms with van der Waals surface area (Å²) in [4.78, 5) is 0. The summed E-state index contributed by atoms with van der Waals surface area (Å²) in [5.41, 5.74) is 0. The summed E-state index contributed by atoms with van der Waals surface area (Å²) in [5.74, 6) is 0.908. The van der Waals surface area contributed by atoms with Crippen LogP contribution in [0.5, 0.6) is 0 Å². The van der Waals surface area contributed by atoms with Crippen LogP contribution in [0.4, 0.5) is 0 Å². The molecule has 0 spiro atoms. The minimum atomic E-state index is 0.699. The van der Waals surface area contributed by atoms with Gasteiger partial charge in [0.05, 0.1) is 0 Å². The van der Waals surface area contributed by atoms with Crippen LogP contribution in [0, 0.1) is 5.92 Å². The maximum absolute atomic E-state index is 5.60. The van der Waals surface area contributed by atoms with Crippen molar-refractivity contribution in [3.63, 3.8) is 0 Å². The molecular formula is C12H25NO. The van der Waals surface area contributed by atoms with E-state index in [1.54, 1.807) is 0 Å². The van der Waals surface area contributed by atoms with Crippen molar-refractivity contribution >= 4 is 0 Å². The van der Waals surface area contributed by atoms with Crippen molar-refractivity contribution in [3.8, 4) is 0 Å². The number of hydrogen-bond donors (Lipinski definition) is 1. The zero-order chi connectivity index (χ0) is 10.2. The lowest BCUT2D eigenvalue weighted by Crippen LogP contribution is -2.28. The van der Waals surface area contributed by atoms with E-state index in [1.165, 1.54) is 32.1 Å². The lowest BCUT2D eigenvalue weighted by molar-refractivity contribution is 0.118. The third-order valence-electron chi connectivity index (χ3n) is 2.88. The Morgan fingerprint density at radius 1 is 1.36 bits per heavy atom. The second-order valence-electron chi connectivity index (χ2n) is 4.32. The summed E-state index contributed by atoms with van der Waals surface area (Å²) >= 11 is 0. The first-order valence-electron chi connectivity index (χ1n) is 6.18. The molecule has 0 aromatic carbocycles. The smallest absolute Gasteiger partial charge is 0.0494 e. The van der Waals surface area contributed by atoms with E-state index in [0.29, 0.717) is 6.04 Å². The van der Waals surface area contributed by atoms with Gasteiger partial charge in [0.2, 0.25) is 0 Å². The van der Waals surface area contributed by atoms with E-state index in [4.69, 9.17) is 4.74 Å². The summed E-state index contributed by atoms with van der Waals surface area (Å²) in [7, 11) is 0. The molecule has 1 atom stereocenters. The average molecular weight is 199 g/mol. The monoisotopic (exact) mass is 199 g/mol. The van der Waals surface area contributed by atoms with Gasteiger partial charge in [-0.15, -0.1) is 0 Å². The minimum absolute atomic E-state index is 0.699. The molecule has 14 heavy (non-hydrogen) atoms. The quantitative estimate of drug-likeness (QED) is 0.576. The van der Waals surface area contributed by atoms with Crippen LogP contribution in [0.25, 0.3) is 0 Å². The van der Waals surface area contributed by atoms with Crippen LogP contribution in [-0.4, -0.2) is 25.8 Å². The van der Waals surface area contributed by atoms with Gasteiger partial charge in [-0.3, -0.25) is 0 Å². The first-order chi connectivity index (χ1) is 6.86. The first kappa shape index (κ1) is 12.0. The summed E-state index contributed by atoms with van der Waals surface area (Å²) in [5, 5.41) is 3.49. The molecule has 0 aromatic rings. The molecular weight excluding hydrogens is 174 g/mol. The van der Waals surface area contributed by atoms with Crippen LogP contribution in [-0.2, 0) is 4.74 Å². The van der Waals surface area contributed by atoms with E-state index in [1.807, 2.05) is 0 Å². The van der Waals surface area contributed by atoms with Crippen LogP contribution in [0.3, 0.4) is 0 Å². The van der Waals surface area contributed by atoms with Crippen molar-refractivity contribution in [2.45, 2.75) is 52.0 Å². The second-order valence-corrected chi connectivity index (χ2v) is 4.32. The van der Waals surface area contributed by atoms with Crippen molar-refractivity contribution in [2.75, 3.05) is 19.8 Å². The Morgan fingerprint density at radius 2 is 2.14 bits per heavy atom. The predicted octanol–water partition coefficient (Wildman–Crippen LogP) is 2.58. The Bertz CT molecular complexity index is 134. The second kappa shape index (κ2) is 7.24. The summed E-state index contributed by atoms with van der Waals surface area (Å²) in [6.45, 7) is 7.47. The van der Waals surface area contributed by atoms with Gasteiger partial charge in [-0.05, 0) is 44.6 Å². The highest BCUT2D eigenvalue weighted by Crippen LogP contribution is 2.28. The topological polar surface area (TPSA) is 21.3 Å². The molecule has 2 nitrogen and oxygen atoms in total. The van der Waals surface area contributed by atoms with Crippen molar-refractivity contribution in [1.29, 1.82) is 0 Å². The highest BCUT2D eigenvalue weighted by molar-refractivity contribution is 4.72. The molecule has 1 N–H and O–H groups in total. The Hall–Kier alpha value is -0.0800. The fourth-order valence-electron chi connectivity index (χ4n) is 1.71. The SMILES string of the molecule is CCNC(CC)CCCOCC1CC1. The highest BCUT2D eigenvalue weighted by atomic mass is 16.5. The maximum atomic E-state index is 5.60. The van der Waals surface area contributed by atoms with Crippen LogP contribution in [0.1, 0.15) is 46.0 Å². The van der Waals surface area contributed by atoms with Crippen LogP contribution >= 0.6 is 0 Å². The van der Waals surface area contributed by atoms with E-state index >= 15 is 0 Å². The molecule has 0 amide bonds. The lowest BCUT2D eigenvalue weighted by Gasteiger charge is -2.15. The van der Waals surface area contributed by atoms with Gasteiger partial charge >= 0.3 is 0 Å². The number of nitrogens with one attached hydrogen (secondary N) is 1. The highest BCUT2D eigenvalue weighted by Gasteiger charge is 2.20. The molecule has 0 radical (unpaired) electrons. The minimum Gasteiger partial charge on any atom is -0.381 e. The normalized spacial score (nSPS) is 18.4. The molecule has 1 unspecified atom stereocenters. The summed E-state index contributed by atoms with van der Waals surface area (Å²) in [6, 6.07) is 0.699. The van der Waals surface area contributed by atoms with Gasteiger partial charge in [0, 0.05) is 19.3 Å². The van der Waals surface area contributed by atoms with Gasteiger partial charge in [0.15, 0.2) is 0 Å². The summed E-state index contributed by atoms with van der Waals surface area (Å²) in [6.07, 6.45) is 6.49. The van der Waals surface area contributed by atoms with Crippen molar-refractivity contribution in [2.24, 2.45) is 5.92 Å². The molecule has 0 bridgehead atoms. The largest absolute Gasteiger partial charge is 0.381 e. The van der Waals surface area contributed by atoms with E-state index < -0.39 is 0 Å². The molecule has 0 aromatic heterocycles. The molecule has 1 fully saturated rings. The fourth-order valence-corrected chi connectivity index (χ4v) is 1.71. The Kier molecular flexibility index (Phi) is 6.20. The average Bonchev–Trinajstić information content (AvgIpc) is 2.99. The first-order valence-corrected chi connectivity index (χ1v) is 6.18. The van der Waals surface area contributed by atoms with Crippen molar-refractivity contribution in [1.82, 2.24) is 5.32 Å². The van der Waals surface area contributed by atoms with Crippen molar-refractivity contribution < 1.29 is 4.74 Å². The zero-order valence-corrected chi connectivity index (χ0v) is 9.72. The Morgan fingerprint density at radius 3 is 2.71 bits per heavy atom. The number of ether oxygens (including phenoxy) is 1. The van der Waals surface area contributed by atoms with E-state index in [-0.39, 0.29) is 0 Å². The van der Waals surface area contributed by atoms with Gasteiger partial charge < -0.3 is 10.1 Å². The van der Waals surface area contributed by atoms with Crippen LogP contribution in [0.2, 0.25) is 0 Å². The van der Waals surface area contributed by atoms with E-state index in [2.05, 4.69) is 19.2 Å². The molecule has 0 aliphatic heterocycles. The van der Waals surface area contributed by atoms with E-state index in [0.717, 1.165) is 25.7 Å². The molecule has 2 heteroatoms. The zero-order valence-electron chi connectivity index (χ0n) is 9.72.